The van der Waals surface area contributed by atoms with Gasteiger partial charge in [0.25, 0.3) is 0 Å². The van der Waals surface area contributed by atoms with Crippen molar-refractivity contribution in [3.63, 3.8) is 0 Å². The quantitative estimate of drug-likeness (QED) is 0.748. The molecule has 0 saturated heterocycles. The molecule has 1 heterocycles. The SMILES string of the molecule is CC(C)c1cc(OC(F)(F)C(F)F)ccn1. The number of ether oxygens (including phenoxy) is 1. The summed E-state index contributed by atoms with van der Waals surface area (Å²) in [7, 11) is 0. The fourth-order valence-corrected chi connectivity index (χ4v) is 1.01. The molecule has 6 heteroatoms. The van der Waals surface area contributed by atoms with Crippen LogP contribution in [0.25, 0.3) is 0 Å². The number of alkyl halides is 4. The van der Waals surface area contributed by atoms with Gasteiger partial charge in [-0.15, -0.1) is 0 Å². The van der Waals surface area contributed by atoms with Crippen LogP contribution in [0.15, 0.2) is 18.3 Å². The van der Waals surface area contributed by atoms with E-state index in [0.717, 1.165) is 6.07 Å². The number of aromatic nitrogens is 1. The number of hydrogen-bond acceptors (Lipinski definition) is 2. The monoisotopic (exact) mass is 237 g/mol. The van der Waals surface area contributed by atoms with E-state index in [1.165, 1.54) is 12.3 Å². The molecule has 0 bridgehead atoms. The maximum Gasteiger partial charge on any atom is 0.461 e. The molecule has 0 aliphatic carbocycles. The zero-order chi connectivity index (χ0) is 12.3. The molecule has 0 radical (unpaired) electrons. The van der Waals surface area contributed by atoms with Crippen LogP contribution in [-0.4, -0.2) is 17.5 Å². The van der Waals surface area contributed by atoms with Crippen molar-refractivity contribution in [2.75, 3.05) is 0 Å². The molecule has 1 rings (SSSR count). The van der Waals surface area contributed by atoms with Crippen molar-refractivity contribution in [1.29, 1.82) is 0 Å². The molecule has 0 aliphatic rings. The van der Waals surface area contributed by atoms with Crippen LogP contribution in [-0.2, 0) is 0 Å². The summed E-state index contributed by atoms with van der Waals surface area (Å²) >= 11 is 0. The Bertz CT molecular complexity index is 354. The first-order valence-electron chi connectivity index (χ1n) is 4.64. The summed E-state index contributed by atoms with van der Waals surface area (Å²) in [5.74, 6) is -0.312. The van der Waals surface area contributed by atoms with E-state index in [0.29, 0.717) is 5.69 Å². The van der Waals surface area contributed by atoms with Gasteiger partial charge in [-0.05, 0) is 12.0 Å². The van der Waals surface area contributed by atoms with E-state index in [4.69, 9.17) is 0 Å². The van der Waals surface area contributed by atoms with Crippen molar-refractivity contribution in [3.8, 4) is 5.75 Å². The Hall–Kier alpha value is -1.33. The first-order valence-corrected chi connectivity index (χ1v) is 4.64. The number of halogens is 4. The van der Waals surface area contributed by atoms with E-state index >= 15 is 0 Å². The topological polar surface area (TPSA) is 22.1 Å². The van der Waals surface area contributed by atoms with Crippen molar-refractivity contribution < 1.29 is 22.3 Å². The Morgan fingerprint density at radius 1 is 1.31 bits per heavy atom. The van der Waals surface area contributed by atoms with Crippen molar-refractivity contribution in [2.24, 2.45) is 0 Å². The van der Waals surface area contributed by atoms with Crippen LogP contribution in [0, 0.1) is 0 Å². The summed E-state index contributed by atoms with van der Waals surface area (Å²) < 4.78 is 52.8. The molecule has 0 saturated carbocycles. The molecule has 0 atom stereocenters. The highest BCUT2D eigenvalue weighted by atomic mass is 19.3. The van der Waals surface area contributed by atoms with Gasteiger partial charge in [-0.1, -0.05) is 13.8 Å². The van der Waals surface area contributed by atoms with Gasteiger partial charge >= 0.3 is 12.5 Å². The summed E-state index contributed by atoms with van der Waals surface area (Å²) in [5, 5.41) is 0. The van der Waals surface area contributed by atoms with Crippen molar-refractivity contribution in [1.82, 2.24) is 4.98 Å². The van der Waals surface area contributed by atoms with E-state index in [1.54, 1.807) is 13.8 Å². The first kappa shape index (κ1) is 12.7. The van der Waals surface area contributed by atoms with Crippen molar-refractivity contribution in [2.45, 2.75) is 32.3 Å². The minimum atomic E-state index is -4.48. The van der Waals surface area contributed by atoms with Gasteiger partial charge in [0.1, 0.15) is 5.75 Å². The predicted octanol–water partition coefficient (Wildman–Crippen LogP) is 3.44. The number of rotatable bonds is 4. The minimum absolute atomic E-state index is 0.00345. The summed E-state index contributed by atoms with van der Waals surface area (Å²) in [6.45, 7) is 3.61. The summed E-state index contributed by atoms with van der Waals surface area (Å²) in [6, 6.07) is 2.34. The molecule has 0 fully saturated rings. The molecular formula is C10H11F4NO. The lowest BCUT2D eigenvalue weighted by atomic mass is 10.1. The second-order valence-electron chi connectivity index (χ2n) is 3.54. The van der Waals surface area contributed by atoms with Crippen LogP contribution in [0.1, 0.15) is 25.5 Å². The van der Waals surface area contributed by atoms with Crippen LogP contribution >= 0.6 is 0 Å². The van der Waals surface area contributed by atoms with E-state index in [-0.39, 0.29) is 11.7 Å². The van der Waals surface area contributed by atoms with E-state index < -0.39 is 12.5 Å². The van der Waals surface area contributed by atoms with Crippen molar-refractivity contribution in [3.05, 3.63) is 24.0 Å². The Balaban J connectivity index is 2.86. The van der Waals surface area contributed by atoms with Gasteiger partial charge in [0.05, 0.1) is 0 Å². The normalized spacial score (nSPS) is 12.2. The first-order chi connectivity index (χ1) is 7.33. The maximum atomic E-state index is 12.6. The standard InChI is InChI=1S/C10H11F4NO/c1-6(2)8-5-7(3-4-15-8)16-10(13,14)9(11)12/h3-6,9H,1-2H3. The molecule has 1 aromatic rings. The predicted molar refractivity (Wildman–Crippen MR) is 49.9 cm³/mol. The molecule has 0 spiro atoms. The fraction of sp³-hybridized carbons (Fsp3) is 0.500. The van der Waals surface area contributed by atoms with Gasteiger partial charge < -0.3 is 4.74 Å². The third kappa shape index (κ3) is 3.08. The lowest BCUT2D eigenvalue weighted by molar-refractivity contribution is -0.253. The summed E-state index contributed by atoms with van der Waals surface area (Å²) in [4.78, 5) is 3.90. The fourth-order valence-electron chi connectivity index (χ4n) is 1.01. The van der Waals surface area contributed by atoms with Crippen molar-refractivity contribution >= 4 is 0 Å². The van der Waals surface area contributed by atoms with Crippen LogP contribution < -0.4 is 4.74 Å². The van der Waals surface area contributed by atoms with Gasteiger partial charge in [-0.2, -0.15) is 17.6 Å². The van der Waals surface area contributed by atoms with Crippen LogP contribution in [0.4, 0.5) is 17.6 Å². The lowest BCUT2D eigenvalue weighted by Crippen LogP contribution is -2.33. The smallest absolute Gasteiger partial charge is 0.428 e. The highest BCUT2D eigenvalue weighted by Gasteiger charge is 2.44. The highest BCUT2D eigenvalue weighted by Crippen LogP contribution is 2.28. The van der Waals surface area contributed by atoms with E-state index in [9.17, 15) is 17.6 Å². The average molecular weight is 237 g/mol. The molecular weight excluding hydrogens is 226 g/mol. The van der Waals surface area contributed by atoms with Crippen LogP contribution in [0.2, 0.25) is 0 Å². The Kier molecular flexibility index (Phi) is 3.72. The summed E-state index contributed by atoms with van der Waals surface area (Å²) in [5.41, 5.74) is 0.502. The number of pyridine rings is 1. The van der Waals surface area contributed by atoms with Gasteiger partial charge in [-0.3, -0.25) is 4.98 Å². The second kappa shape index (κ2) is 4.67. The molecule has 0 aromatic carbocycles. The second-order valence-corrected chi connectivity index (χ2v) is 3.54. The third-order valence-electron chi connectivity index (χ3n) is 1.85. The molecule has 2 nitrogen and oxygen atoms in total. The van der Waals surface area contributed by atoms with Gasteiger partial charge in [-0.25, -0.2) is 0 Å². The molecule has 16 heavy (non-hydrogen) atoms. The minimum Gasteiger partial charge on any atom is -0.428 e. The third-order valence-corrected chi connectivity index (χ3v) is 1.85. The Labute approximate surface area is 90.3 Å². The Morgan fingerprint density at radius 3 is 2.44 bits per heavy atom. The largest absolute Gasteiger partial charge is 0.461 e. The Morgan fingerprint density at radius 2 is 1.94 bits per heavy atom. The zero-order valence-corrected chi connectivity index (χ0v) is 8.75. The number of hydrogen-bond donors (Lipinski definition) is 0. The molecule has 0 aliphatic heterocycles. The lowest BCUT2D eigenvalue weighted by Gasteiger charge is -2.17. The van der Waals surface area contributed by atoms with Gasteiger partial charge in [0.2, 0.25) is 0 Å². The van der Waals surface area contributed by atoms with Crippen LogP contribution in [0.3, 0.4) is 0 Å². The number of nitrogens with zero attached hydrogens (tertiary/aromatic N) is 1. The molecule has 0 unspecified atom stereocenters. The van der Waals surface area contributed by atoms with E-state index in [2.05, 4.69) is 9.72 Å². The summed E-state index contributed by atoms with van der Waals surface area (Å²) in [6.07, 6.45) is -7.09. The molecule has 1 aromatic heterocycles. The zero-order valence-electron chi connectivity index (χ0n) is 8.75. The van der Waals surface area contributed by atoms with Gasteiger partial charge in [0.15, 0.2) is 0 Å². The molecule has 0 amide bonds. The average Bonchev–Trinajstić information content (AvgIpc) is 2.17. The van der Waals surface area contributed by atoms with Crippen LogP contribution in [0.5, 0.6) is 5.75 Å². The highest BCUT2D eigenvalue weighted by molar-refractivity contribution is 5.24. The van der Waals surface area contributed by atoms with E-state index in [1.807, 2.05) is 0 Å². The maximum absolute atomic E-state index is 12.6. The van der Waals surface area contributed by atoms with Gasteiger partial charge in [0, 0.05) is 18.0 Å². The molecule has 0 N–H and O–H groups in total. The molecule has 90 valence electrons.